The first-order valence-corrected chi connectivity index (χ1v) is 13.3. The third-order valence-corrected chi connectivity index (χ3v) is 10.7. The van der Waals surface area contributed by atoms with Gasteiger partial charge in [-0.25, -0.2) is 14.2 Å². The maximum Gasteiger partial charge on any atom is 0.339 e. The Labute approximate surface area is 188 Å². The van der Waals surface area contributed by atoms with E-state index in [1.165, 1.54) is 13.3 Å². The third kappa shape index (κ3) is 4.56. The Hall–Kier alpha value is -2.16. The molecule has 6 nitrogen and oxygen atoms in total. The molecule has 2 heterocycles. The second-order valence-electron chi connectivity index (χ2n) is 9.41. The van der Waals surface area contributed by atoms with Crippen LogP contribution in [0.2, 0.25) is 23.2 Å². The van der Waals surface area contributed by atoms with E-state index < -0.39 is 25.7 Å². The Morgan fingerprint density at radius 3 is 2.45 bits per heavy atom. The molecule has 1 aliphatic rings. The molecular formula is C22H28ClFN2O4Si. The van der Waals surface area contributed by atoms with E-state index in [1.807, 2.05) is 6.07 Å². The van der Waals surface area contributed by atoms with Gasteiger partial charge in [-0.2, -0.15) is 0 Å². The Morgan fingerprint density at radius 2 is 1.94 bits per heavy atom. The number of esters is 1. The molecule has 0 aliphatic carbocycles. The van der Waals surface area contributed by atoms with Gasteiger partial charge in [-0.1, -0.05) is 38.4 Å². The molecule has 0 radical (unpaired) electrons. The lowest BCUT2D eigenvalue weighted by Crippen LogP contribution is -2.60. The number of aliphatic hydroxyl groups is 1. The number of pyridine rings is 1. The van der Waals surface area contributed by atoms with E-state index in [0.717, 1.165) is 6.07 Å². The van der Waals surface area contributed by atoms with Crippen LogP contribution in [0.3, 0.4) is 0 Å². The number of carbonyl (C=O) groups is 1. The molecule has 31 heavy (non-hydrogen) atoms. The van der Waals surface area contributed by atoms with Crippen LogP contribution in [-0.4, -0.2) is 44.6 Å². The van der Waals surface area contributed by atoms with Crippen molar-refractivity contribution >= 4 is 31.7 Å². The Bertz CT molecular complexity index is 1000. The maximum absolute atomic E-state index is 14.4. The van der Waals surface area contributed by atoms with E-state index in [9.17, 15) is 14.3 Å². The molecule has 1 saturated heterocycles. The van der Waals surface area contributed by atoms with Gasteiger partial charge in [0.05, 0.1) is 30.8 Å². The molecule has 9 heteroatoms. The first-order valence-electron chi connectivity index (χ1n) is 9.98. The van der Waals surface area contributed by atoms with Crippen LogP contribution in [0.25, 0.3) is 0 Å². The van der Waals surface area contributed by atoms with Crippen molar-refractivity contribution < 1.29 is 23.5 Å². The van der Waals surface area contributed by atoms with Crippen LogP contribution in [0.5, 0.6) is 5.75 Å². The molecule has 1 aromatic heterocycles. The van der Waals surface area contributed by atoms with Crippen molar-refractivity contribution in [3.63, 3.8) is 0 Å². The van der Waals surface area contributed by atoms with Crippen LogP contribution < -0.4 is 9.33 Å². The topological polar surface area (TPSA) is 71.9 Å². The highest BCUT2D eigenvalue weighted by Gasteiger charge is 2.46. The maximum atomic E-state index is 14.4. The fourth-order valence-electron chi connectivity index (χ4n) is 3.18. The van der Waals surface area contributed by atoms with Gasteiger partial charge in [-0.05, 0) is 36.3 Å². The number of carbonyl (C=O) groups excluding carboxylic acids is 1. The number of halogens is 2. The van der Waals surface area contributed by atoms with Crippen LogP contribution in [0.15, 0.2) is 30.5 Å². The lowest BCUT2D eigenvalue weighted by Gasteiger charge is -2.47. The number of methoxy groups -OCH3 is 1. The zero-order valence-electron chi connectivity index (χ0n) is 18.6. The number of anilines is 1. The predicted octanol–water partition coefficient (Wildman–Crippen LogP) is 4.75. The van der Waals surface area contributed by atoms with Crippen LogP contribution >= 0.6 is 11.6 Å². The van der Waals surface area contributed by atoms with Gasteiger partial charge in [0.1, 0.15) is 11.4 Å². The minimum Gasteiger partial charge on any atom is -0.543 e. The summed E-state index contributed by atoms with van der Waals surface area (Å²) in [4.78, 5) is 17.1. The highest BCUT2D eigenvalue weighted by Crippen LogP contribution is 2.42. The number of rotatable bonds is 5. The van der Waals surface area contributed by atoms with Crippen molar-refractivity contribution in [1.82, 2.24) is 4.98 Å². The number of nitrogens with zero attached hydrogens (tertiary/aromatic N) is 2. The molecule has 168 valence electrons. The first kappa shape index (κ1) is 23.5. The number of ether oxygens (including phenoxy) is 1. The Kier molecular flexibility index (Phi) is 6.12. The fraction of sp³-hybridized carbons (Fsp3) is 0.455. The quantitative estimate of drug-likeness (QED) is 0.506. The summed E-state index contributed by atoms with van der Waals surface area (Å²) in [7, 11) is -0.797. The van der Waals surface area contributed by atoms with Gasteiger partial charge in [-0.15, -0.1) is 0 Å². The summed E-state index contributed by atoms with van der Waals surface area (Å²) in [6, 6.07) is 6.37. The van der Waals surface area contributed by atoms with Gasteiger partial charge < -0.3 is 19.2 Å². The zero-order valence-corrected chi connectivity index (χ0v) is 20.4. The Morgan fingerprint density at radius 1 is 1.29 bits per heavy atom. The summed E-state index contributed by atoms with van der Waals surface area (Å²) >= 11 is 6.48. The van der Waals surface area contributed by atoms with Gasteiger partial charge in [-0.3, -0.25) is 0 Å². The van der Waals surface area contributed by atoms with Crippen molar-refractivity contribution in [3.8, 4) is 5.75 Å². The van der Waals surface area contributed by atoms with Crippen LogP contribution in [0.1, 0.15) is 36.7 Å². The summed E-state index contributed by atoms with van der Waals surface area (Å²) in [6.07, 6.45) is 1.25. The normalized spacial score (nSPS) is 16.0. The number of hydrogen-bond donors (Lipinski definition) is 1. The highest BCUT2D eigenvalue weighted by atomic mass is 35.5. The van der Waals surface area contributed by atoms with Crippen LogP contribution in [-0.2, 0) is 10.3 Å². The predicted molar refractivity (Wildman–Crippen MR) is 121 cm³/mol. The highest BCUT2D eigenvalue weighted by molar-refractivity contribution is 6.74. The number of β-amino-alcohol motifs (C(OH)–C–C–N with tert-alkyl or cyclic N) is 1. The standard InChI is InChI=1S/C22H28ClFN2O4Si/c1-21(2,3)31(5,6)30-15-7-8-16(17(23)10-15)22(28)12-26(13-22)19-18(24)9-14(11-25-19)20(27)29-4/h7-11,28H,12-13H2,1-6H3. The lowest BCUT2D eigenvalue weighted by molar-refractivity contribution is 0.00672. The van der Waals surface area contributed by atoms with E-state index in [-0.39, 0.29) is 29.5 Å². The zero-order chi connectivity index (χ0) is 23.2. The number of hydrogen-bond acceptors (Lipinski definition) is 6. The molecule has 0 saturated carbocycles. The smallest absolute Gasteiger partial charge is 0.339 e. The third-order valence-electron chi connectivity index (χ3n) is 6.07. The van der Waals surface area contributed by atoms with Gasteiger partial charge in [0.25, 0.3) is 0 Å². The van der Waals surface area contributed by atoms with Gasteiger partial charge in [0.15, 0.2) is 11.6 Å². The monoisotopic (exact) mass is 466 g/mol. The summed E-state index contributed by atoms with van der Waals surface area (Å²) in [5, 5.41) is 11.5. The summed E-state index contributed by atoms with van der Waals surface area (Å²) in [5.41, 5.74) is -0.652. The van der Waals surface area contributed by atoms with E-state index in [1.54, 1.807) is 17.0 Å². The van der Waals surface area contributed by atoms with Crippen molar-refractivity contribution in [1.29, 1.82) is 0 Å². The van der Waals surface area contributed by atoms with E-state index in [4.69, 9.17) is 16.0 Å². The molecule has 1 N–H and O–H groups in total. The molecule has 2 aromatic rings. The minimum absolute atomic E-state index is 0.0277. The van der Waals surface area contributed by atoms with Crippen LogP contribution in [0, 0.1) is 5.82 Å². The molecule has 3 rings (SSSR count). The largest absolute Gasteiger partial charge is 0.543 e. The minimum atomic E-state index is -2.02. The summed E-state index contributed by atoms with van der Waals surface area (Å²) < 4.78 is 25.3. The average molecular weight is 467 g/mol. The molecule has 1 fully saturated rings. The average Bonchev–Trinajstić information content (AvgIpc) is 2.64. The van der Waals surface area contributed by atoms with Crippen molar-refractivity contribution in [2.75, 3.05) is 25.1 Å². The van der Waals surface area contributed by atoms with E-state index in [0.29, 0.717) is 16.3 Å². The molecule has 0 unspecified atom stereocenters. The molecule has 0 bridgehead atoms. The molecule has 0 spiro atoms. The summed E-state index contributed by atoms with van der Waals surface area (Å²) in [6.45, 7) is 11.0. The molecule has 1 aromatic carbocycles. The van der Waals surface area contributed by atoms with Crippen molar-refractivity contribution in [2.45, 2.75) is 44.5 Å². The second-order valence-corrected chi connectivity index (χ2v) is 14.5. The number of aromatic nitrogens is 1. The molecule has 0 amide bonds. The number of benzene rings is 1. The lowest BCUT2D eigenvalue weighted by atomic mass is 9.86. The molecule has 0 atom stereocenters. The first-order chi connectivity index (χ1) is 14.3. The fourth-order valence-corrected chi connectivity index (χ4v) is 4.55. The van der Waals surface area contributed by atoms with Crippen LogP contribution in [0.4, 0.5) is 10.2 Å². The van der Waals surface area contributed by atoms with E-state index in [2.05, 4.69) is 43.6 Å². The van der Waals surface area contributed by atoms with Gasteiger partial charge >= 0.3 is 5.97 Å². The SMILES string of the molecule is COC(=O)c1cnc(N2CC(O)(c3ccc(O[Si](C)(C)C(C)(C)C)cc3Cl)C2)c(F)c1. The van der Waals surface area contributed by atoms with Gasteiger partial charge in [0.2, 0.25) is 8.32 Å². The Balaban J connectivity index is 1.75. The van der Waals surface area contributed by atoms with Gasteiger partial charge in [0, 0.05) is 11.8 Å². The summed E-state index contributed by atoms with van der Waals surface area (Å²) in [5.74, 6) is -0.586. The van der Waals surface area contributed by atoms with E-state index >= 15 is 0 Å². The second kappa shape index (κ2) is 8.07. The molecule has 1 aliphatic heterocycles. The van der Waals surface area contributed by atoms with Crippen molar-refractivity contribution in [2.24, 2.45) is 0 Å². The van der Waals surface area contributed by atoms with Crippen molar-refractivity contribution in [3.05, 3.63) is 52.4 Å². The molecular weight excluding hydrogens is 439 g/mol.